The largest absolute Gasteiger partial charge is 0.366 e. The van der Waals surface area contributed by atoms with Crippen molar-refractivity contribution in [3.63, 3.8) is 0 Å². The van der Waals surface area contributed by atoms with Crippen LogP contribution in [0.25, 0.3) is 0 Å². The van der Waals surface area contributed by atoms with Gasteiger partial charge in [0, 0.05) is 32.7 Å². The van der Waals surface area contributed by atoms with E-state index in [0.29, 0.717) is 17.1 Å². The summed E-state index contributed by atoms with van der Waals surface area (Å²) in [6, 6.07) is 9.18. The summed E-state index contributed by atoms with van der Waals surface area (Å²) in [5.74, 6) is 1.38. The summed E-state index contributed by atoms with van der Waals surface area (Å²) in [7, 11) is 1.80. The predicted octanol–water partition coefficient (Wildman–Crippen LogP) is 4.28. The number of thioether (sulfide) groups is 1. The van der Waals surface area contributed by atoms with Crippen LogP contribution in [0.15, 0.2) is 29.2 Å². The lowest BCUT2D eigenvalue weighted by atomic mass is 10.0. The molecule has 2 heterocycles. The Labute approximate surface area is 164 Å². The molecule has 1 aliphatic heterocycles. The Morgan fingerprint density at radius 3 is 2.69 bits per heavy atom. The molecule has 0 bridgehead atoms. The topological polar surface area (TPSA) is 53.1 Å². The fourth-order valence-electron chi connectivity index (χ4n) is 3.31. The molecular formula is C19H26ClN5S. The van der Waals surface area contributed by atoms with Gasteiger partial charge in [-0.3, -0.25) is 4.90 Å². The number of hydrogen-bond acceptors (Lipinski definition) is 6. The number of nitrogens with one attached hydrogen (secondary N) is 2. The van der Waals surface area contributed by atoms with Gasteiger partial charge in [0.25, 0.3) is 0 Å². The predicted molar refractivity (Wildman–Crippen MR) is 111 cm³/mol. The summed E-state index contributed by atoms with van der Waals surface area (Å²) < 4.78 is 0. The smallest absolute Gasteiger partial charge is 0.225 e. The Bertz CT molecular complexity index is 747. The van der Waals surface area contributed by atoms with E-state index >= 15 is 0 Å². The third kappa shape index (κ3) is 4.81. The molecule has 0 unspecified atom stereocenters. The zero-order valence-electron chi connectivity index (χ0n) is 15.6. The molecule has 2 aromatic rings. The number of piperidine rings is 1. The molecular weight excluding hydrogens is 366 g/mol. The molecule has 1 aromatic heterocycles. The maximum absolute atomic E-state index is 6.30. The van der Waals surface area contributed by atoms with Gasteiger partial charge in [-0.2, -0.15) is 9.97 Å². The van der Waals surface area contributed by atoms with E-state index in [1.165, 1.54) is 11.1 Å². The minimum absolute atomic E-state index is 0.408. The maximum Gasteiger partial charge on any atom is 0.225 e. The molecule has 1 saturated heterocycles. The molecule has 5 nitrogen and oxygen atoms in total. The van der Waals surface area contributed by atoms with Crippen LogP contribution >= 0.6 is 23.4 Å². The van der Waals surface area contributed by atoms with Crippen molar-refractivity contribution in [1.29, 1.82) is 0 Å². The molecule has 7 heteroatoms. The highest BCUT2D eigenvalue weighted by molar-refractivity contribution is 7.98. The quantitative estimate of drug-likeness (QED) is 0.566. The first kappa shape index (κ1) is 19.3. The number of nitrogens with zero attached hydrogens (tertiary/aromatic N) is 3. The summed E-state index contributed by atoms with van der Waals surface area (Å²) in [5, 5.41) is 7.05. The van der Waals surface area contributed by atoms with Crippen molar-refractivity contribution in [2.75, 3.05) is 37.0 Å². The van der Waals surface area contributed by atoms with Gasteiger partial charge in [0.05, 0.1) is 4.90 Å². The van der Waals surface area contributed by atoms with Gasteiger partial charge in [-0.1, -0.05) is 41.4 Å². The molecule has 1 aromatic carbocycles. The van der Waals surface area contributed by atoms with E-state index in [1.807, 2.05) is 6.26 Å². The number of aromatic nitrogens is 2. The molecule has 0 saturated carbocycles. The van der Waals surface area contributed by atoms with Crippen molar-refractivity contribution >= 4 is 35.1 Å². The number of aryl methyl sites for hydroxylation is 1. The van der Waals surface area contributed by atoms with Crippen molar-refractivity contribution < 1.29 is 0 Å². The van der Waals surface area contributed by atoms with Crippen molar-refractivity contribution in [2.45, 2.75) is 37.2 Å². The molecule has 0 aliphatic carbocycles. The van der Waals surface area contributed by atoms with E-state index in [4.69, 9.17) is 11.6 Å². The van der Waals surface area contributed by atoms with Crippen molar-refractivity contribution in [3.05, 3.63) is 40.5 Å². The standard InChI is InChI=1S/C19H26ClN5S/c1-13-5-4-6-14(11-13)12-25-9-7-15(8-10-25)22-18-16(26-3)17(20)23-19(21-2)24-18/h4-6,11,15H,7-10,12H2,1-3H3,(H2,21,22,23,24). The SMILES string of the molecule is CNc1nc(Cl)c(SC)c(NC2CCN(Cc3cccc(C)c3)CC2)n1. The second kappa shape index (κ2) is 8.93. The molecule has 1 fully saturated rings. The monoisotopic (exact) mass is 391 g/mol. The van der Waals surface area contributed by atoms with Gasteiger partial charge in [0.1, 0.15) is 11.0 Å². The van der Waals surface area contributed by atoms with Crippen LogP contribution in [0.5, 0.6) is 0 Å². The highest BCUT2D eigenvalue weighted by Gasteiger charge is 2.21. The zero-order valence-corrected chi connectivity index (χ0v) is 17.1. The number of likely N-dealkylation sites (tertiary alicyclic amines) is 1. The summed E-state index contributed by atoms with van der Waals surface area (Å²) in [6.45, 7) is 5.33. The molecule has 0 atom stereocenters. The highest BCUT2D eigenvalue weighted by atomic mass is 35.5. The van der Waals surface area contributed by atoms with Crippen LogP contribution in [0, 0.1) is 6.92 Å². The average molecular weight is 392 g/mol. The average Bonchev–Trinajstić information content (AvgIpc) is 2.63. The minimum atomic E-state index is 0.408. The van der Waals surface area contributed by atoms with Crippen LogP contribution in [-0.2, 0) is 6.54 Å². The molecule has 140 valence electrons. The van der Waals surface area contributed by atoms with E-state index in [9.17, 15) is 0 Å². The first-order valence-electron chi connectivity index (χ1n) is 8.92. The Kier molecular flexibility index (Phi) is 6.62. The van der Waals surface area contributed by atoms with Gasteiger partial charge in [-0.05, 0) is 31.6 Å². The molecule has 0 radical (unpaired) electrons. The van der Waals surface area contributed by atoms with Crippen molar-refractivity contribution in [3.8, 4) is 0 Å². The molecule has 26 heavy (non-hydrogen) atoms. The minimum Gasteiger partial charge on any atom is -0.366 e. The van der Waals surface area contributed by atoms with Crippen molar-refractivity contribution in [1.82, 2.24) is 14.9 Å². The van der Waals surface area contributed by atoms with E-state index in [2.05, 4.69) is 56.7 Å². The van der Waals surface area contributed by atoms with Gasteiger partial charge >= 0.3 is 0 Å². The lowest BCUT2D eigenvalue weighted by Gasteiger charge is -2.33. The Hall–Kier alpha value is -1.50. The summed E-state index contributed by atoms with van der Waals surface area (Å²) in [4.78, 5) is 12.2. The third-order valence-electron chi connectivity index (χ3n) is 4.67. The molecule has 0 amide bonds. The van der Waals surface area contributed by atoms with Gasteiger partial charge in [-0.15, -0.1) is 11.8 Å². The zero-order chi connectivity index (χ0) is 18.5. The number of hydrogen-bond donors (Lipinski definition) is 2. The van der Waals surface area contributed by atoms with Crippen LogP contribution < -0.4 is 10.6 Å². The molecule has 2 N–H and O–H groups in total. The maximum atomic E-state index is 6.30. The molecule has 3 rings (SSSR count). The lowest BCUT2D eigenvalue weighted by Crippen LogP contribution is -2.39. The first-order chi connectivity index (χ1) is 12.6. The van der Waals surface area contributed by atoms with Gasteiger partial charge in [0.15, 0.2) is 0 Å². The number of halogens is 1. The second-order valence-electron chi connectivity index (χ2n) is 6.65. The van der Waals surface area contributed by atoms with Crippen LogP contribution in [-0.4, -0.2) is 47.3 Å². The van der Waals surface area contributed by atoms with Gasteiger partial charge < -0.3 is 10.6 Å². The number of rotatable bonds is 6. The fourth-order valence-corrected chi connectivity index (χ4v) is 4.22. The molecule has 1 aliphatic rings. The second-order valence-corrected chi connectivity index (χ2v) is 7.83. The summed E-state index contributed by atoms with van der Waals surface area (Å²) in [6.07, 6.45) is 4.19. The highest BCUT2D eigenvalue weighted by Crippen LogP contribution is 2.32. The van der Waals surface area contributed by atoms with Gasteiger partial charge in [-0.25, -0.2) is 0 Å². The normalized spacial score (nSPS) is 15.8. The van der Waals surface area contributed by atoms with E-state index in [-0.39, 0.29) is 0 Å². The Balaban J connectivity index is 1.60. The lowest BCUT2D eigenvalue weighted by molar-refractivity contribution is 0.211. The number of benzene rings is 1. The summed E-state index contributed by atoms with van der Waals surface area (Å²) >= 11 is 7.87. The van der Waals surface area contributed by atoms with Gasteiger partial charge in [0.2, 0.25) is 5.95 Å². The van der Waals surface area contributed by atoms with Crippen LogP contribution in [0.1, 0.15) is 24.0 Å². The van der Waals surface area contributed by atoms with Crippen LogP contribution in [0.2, 0.25) is 5.15 Å². The van der Waals surface area contributed by atoms with E-state index in [1.54, 1.807) is 18.8 Å². The van der Waals surface area contributed by atoms with E-state index in [0.717, 1.165) is 43.2 Å². The number of anilines is 2. The first-order valence-corrected chi connectivity index (χ1v) is 10.5. The van der Waals surface area contributed by atoms with Crippen LogP contribution in [0.4, 0.5) is 11.8 Å². The van der Waals surface area contributed by atoms with Crippen LogP contribution in [0.3, 0.4) is 0 Å². The third-order valence-corrected chi connectivity index (χ3v) is 5.85. The molecule has 0 spiro atoms. The Morgan fingerprint density at radius 2 is 2.04 bits per heavy atom. The summed E-state index contributed by atoms with van der Waals surface area (Å²) in [5.41, 5.74) is 2.71. The van der Waals surface area contributed by atoms with Crippen molar-refractivity contribution in [2.24, 2.45) is 0 Å². The fraction of sp³-hybridized carbons (Fsp3) is 0.474. The van der Waals surface area contributed by atoms with E-state index < -0.39 is 0 Å². The Morgan fingerprint density at radius 1 is 1.27 bits per heavy atom.